The van der Waals surface area contributed by atoms with Gasteiger partial charge < -0.3 is 10.1 Å². The maximum Gasteiger partial charge on any atom is 0.157 e. The summed E-state index contributed by atoms with van der Waals surface area (Å²) < 4.78 is 5.82. The molecule has 1 saturated heterocycles. The van der Waals surface area contributed by atoms with Crippen LogP contribution in [0.5, 0.6) is 0 Å². The molecule has 28 heavy (non-hydrogen) atoms. The number of nitrogens with one attached hydrogen (secondary N) is 1. The van der Waals surface area contributed by atoms with E-state index < -0.39 is 5.54 Å². The van der Waals surface area contributed by atoms with Crippen LogP contribution in [-0.4, -0.2) is 50.0 Å². The smallest absolute Gasteiger partial charge is 0.157 e. The van der Waals surface area contributed by atoms with Gasteiger partial charge in [0.05, 0.1) is 18.2 Å². The molecule has 0 radical (unpaired) electrons. The maximum atomic E-state index is 13.4. The number of ketones is 1. The van der Waals surface area contributed by atoms with Crippen molar-refractivity contribution in [1.82, 2.24) is 10.2 Å². The molecule has 0 aromatic heterocycles. The van der Waals surface area contributed by atoms with Crippen molar-refractivity contribution in [1.29, 1.82) is 0 Å². The Kier molecular flexibility index (Phi) is 7.00. The zero-order chi connectivity index (χ0) is 20.0. The summed E-state index contributed by atoms with van der Waals surface area (Å²) >= 11 is 0. The van der Waals surface area contributed by atoms with Gasteiger partial charge in [0.15, 0.2) is 5.78 Å². The van der Waals surface area contributed by atoms with Gasteiger partial charge in [-0.3, -0.25) is 9.69 Å². The van der Waals surface area contributed by atoms with Crippen LogP contribution >= 0.6 is 0 Å². The van der Waals surface area contributed by atoms with Gasteiger partial charge in [0, 0.05) is 19.5 Å². The topological polar surface area (TPSA) is 41.6 Å². The fourth-order valence-corrected chi connectivity index (χ4v) is 4.06. The second-order valence-electron chi connectivity index (χ2n) is 7.85. The van der Waals surface area contributed by atoms with Gasteiger partial charge in [-0.1, -0.05) is 61.5 Å². The SMILES string of the molecule is CCC(Cc1ccccc1)(C(=O)Cc1ccc(C2CNCCO2)cc1)N(C)C. The number of carbonyl (C=O) groups excluding carboxylic acids is 1. The number of carbonyl (C=O) groups is 1. The summed E-state index contributed by atoms with van der Waals surface area (Å²) in [6.45, 7) is 4.60. The zero-order valence-corrected chi connectivity index (χ0v) is 17.3. The lowest BCUT2D eigenvalue weighted by atomic mass is 9.80. The van der Waals surface area contributed by atoms with Crippen LogP contribution in [0.3, 0.4) is 0 Å². The number of hydrogen-bond acceptors (Lipinski definition) is 4. The Morgan fingerprint density at radius 1 is 1.11 bits per heavy atom. The van der Waals surface area contributed by atoms with E-state index in [1.165, 1.54) is 11.1 Å². The van der Waals surface area contributed by atoms with Crippen molar-refractivity contribution in [3.63, 3.8) is 0 Å². The third-order valence-corrected chi connectivity index (χ3v) is 5.94. The fourth-order valence-electron chi connectivity index (χ4n) is 4.06. The Labute approximate surface area is 168 Å². The summed E-state index contributed by atoms with van der Waals surface area (Å²) in [5, 5.41) is 3.36. The number of nitrogens with zero attached hydrogens (tertiary/aromatic N) is 1. The van der Waals surface area contributed by atoms with Gasteiger partial charge in [0.1, 0.15) is 0 Å². The molecule has 1 heterocycles. The van der Waals surface area contributed by atoms with E-state index in [-0.39, 0.29) is 11.9 Å². The van der Waals surface area contributed by atoms with E-state index in [0.717, 1.165) is 38.1 Å². The predicted octanol–water partition coefficient (Wildman–Crippen LogP) is 3.41. The van der Waals surface area contributed by atoms with Crippen molar-refractivity contribution in [3.05, 3.63) is 71.3 Å². The number of morpholine rings is 1. The van der Waals surface area contributed by atoms with Gasteiger partial charge >= 0.3 is 0 Å². The fraction of sp³-hybridized carbons (Fsp3) is 0.458. The Morgan fingerprint density at radius 2 is 1.82 bits per heavy atom. The van der Waals surface area contributed by atoms with Gasteiger partial charge in [-0.2, -0.15) is 0 Å². The van der Waals surface area contributed by atoms with Crippen LogP contribution in [0.15, 0.2) is 54.6 Å². The lowest BCUT2D eigenvalue weighted by Gasteiger charge is -2.38. The summed E-state index contributed by atoms with van der Waals surface area (Å²) in [6, 6.07) is 18.6. The van der Waals surface area contributed by atoms with Crippen molar-refractivity contribution in [3.8, 4) is 0 Å². The molecule has 0 amide bonds. The average molecular weight is 381 g/mol. The van der Waals surface area contributed by atoms with E-state index >= 15 is 0 Å². The highest BCUT2D eigenvalue weighted by Crippen LogP contribution is 2.27. The quantitative estimate of drug-likeness (QED) is 0.762. The first-order valence-corrected chi connectivity index (χ1v) is 10.2. The molecule has 0 bridgehead atoms. The van der Waals surface area contributed by atoms with Gasteiger partial charge in [-0.05, 0) is 43.6 Å². The number of ether oxygens (including phenoxy) is 1. The highest BCUT2D eigenvalue weighted by Gasteiger charge is 2.38. The molecule has 1 aliphatic rings. The van der Waals surface area contributed by atoms with E-state index in [2.05, 4.69) is 53.5 Å². The number of benzene rings is 2. The van der Waals surface area contributed by atoms with Crippen molar-refractivity contribution in [2.24, 2.45) is 0 Å². The van der Waals surface area contributed by atoms with Crippen molar-refractivity contribution in [2.45, 2.75) is 37.8 Å². The van der Waals surface area contributed by atoms with E-state index in [4.69, 9.17) is 4.74 Å². The first-order valence-electron chi connectivity index (χ1n) is 10.2. The van der Waals surface area contributed by atoms with Crippen LogP contribution < -0.4 is 5.32 Å². The molecule has 2 aromatic rings. The molecule has 1 N–H and O–H groups in total. The van der Waals surface area contributed by atoms with E-state index in [1.54, 1.807) is 0 Å². The van der Waals surface area contributed by atoms with Crippen LogP contribution in [0.25, 0.3) is 0 Å². The second-order valence-corrected chi connectivity index (χ2v) is 7.85. The van der Waals surface area contributed by atoms with Crippen LogP contribution in [0.1, 0.15) is 36.1 Å². The average Bonchev–Trinajstić information content (AvgIpc) is 2.73. The van der Waals surface area contributed by atoms with Crippen LogP contribution in [-0.2, 0) is 22.4 Å². The van der Waals surface area contributed by atoms with Gasteiger partial charge in [0.2, 0.25) is 0 Å². The predicted molar refractivity (Wildman–Crippen MR) is 114 cm³/mol. The molecule has 0 aliphatic carbocycles. The molecule has 2 unspecified atom stereocenters. The summed E-state index contributed by atoms with van der Waals surface area (Å²) in [5.41, 5.74) is 2.94. The molecule has 0 saturated carbocycles. The van der Waals surface area contributed by atoms with Crippen molar-refractivity contribution < 1.29 is 9.53 Å². The minimum Gasteiger partial charge on any atom is -0.371 e. The Balaban J connectivity index is 1.74. The molecular formula is C24H32N2O2. The zero-order valence-electron chi connectivity index (χ0n) is 17.3. The summed E-state index contributed by atoms with van der Waals surface area (Å²) in [4.78, 5) is 15.5. The highest BCUT2D eigenvalue weighted by atomic mass is 16.5. The highest BCUT2D eigenvalue weighted by molar-refractivity contribution is 5.90. The summed E-state index contributed by atoms with van der Waals surface area (Å²) in [7, 11) is 4.03. The van der Waals surface area contributed by atoms with Gasteiger partial charge in [-0.15, -0.1) is 0 Å². The van der Waals surface area contributed by atoms with Crippen LogP contribution in [0.2, 0.25) is 0 Å². The molecule has 1 aliphatic heterocycles. The first kappa shape index (κ1) is 20.7. The normalized spacial score (nSPS) is 19.4. The number of Topliss-reactive ketones (excluding diaryl/α,β-unsaturated/α-hetero) is 1. The minimum atomic E-state index is -0.490. The molecule has 4 nitrogen and oxygen atoms in total. The number of rotatable bonds is 8. The van der Waals surface area contributed by atoms with E-state index in [9.17, 15) is 4.79 Å². The molecule has 3 rings (SSSR count). The lowest BCUT2D eigenvalue weighted by molar-refractivity contribution is -0.129. The second kappa shape index (κ2) is 9.46. The molecule has 150 valence electrons. The molecule has 1 fully saturated rings. The number of hydrogen-bond donors (Lipinski definition) is 1. The lowest BCUT2D eigenvalue weighted by Crippen LogP contribution is -2.53. The van der Waals surface area contributed by atoms with E-state index in [1.807, 2.05) is 32.3 Å². The Morgan fingerprint density at radius 3 is 2.39 bits per heavy atom. The number of likely N-dealkylation sites (N-methyl/N-ethyl adjacent to an activating group) is 1. The molecular weight excluding hydrogens is 348 g/mol. The van der Waals surface area contributed by atoms with Crippen molar-refractivity contribution >= 4 is 5.78 Å². The Bertz CT molecular complexity index is 752. The third kappa shape index (κ3) is 4.69. The minimum absolute atomic E-state index is 0.105. The molecule has 4 heteroatoms. The van der Waals surface area contributed by atoms with Crippen molar-refractivity contribution in [2.75, 3.05) is 33.8 Å². The largest absolute Gasteiger partial charge is 0.371 e. The summed E-state index contributed by atoms with van der Waals surface area (Å²) in [5.74, 6) is 0.271. The van der Waals surface area contributed by atoms with E-state index in [0.29, 0.717) is 6.42 Å². The molecule has 2 atom stereocenters. The maximum absolute atomic E-state index is 13.4. The third-order valence-electron chi connectivity index (χ3n) is 5.94. The summed E-state index contributed by atoms with van der Waals surface area (Å²) in [6.07, 6.45) is 2.07. The molecule has 0 spiro atoms. The molecule has 2 aromatic carbocycles. The standard InChI is InChI=1S/C24H32N2O2/c1-4-24(26(2)3,17-20-8-6-5-7-9-20)23(27)16-19-10-12-21(13-11-19)22-18-25-14-15-28-22/h5-13,22,25H,4,14-18H2,1-3H3. The van der Waals surface area contributed by atoms with Gasteiger partial charge in [0.25, 0.3) is 0 Å². The van der Waals surface area contributed by atoms with Crippen LogP contribution in [0, 0.1) is 0 Å². The first-order chi connectivity index (χ1) is 13.5. The van der Waals surface area contributed by atoms with Crippen LogP contribution in [0.4, 0.5) is 0 Å². The van der Waals surface area contributed by atoms with Gasteiger partial charge in [-0.25, -0.2) is 0 Å². The monoisotopic (exact) mass is 380 g/mol. The Hall–Kier alpha value is -2.01.